The van der Waals surface area contributed by atoms with Crippen LogP contribution in [0, 0.1) is 0 Å². The highest BCUT2D eigenvalue weighted by molar-refractivity contribution is 5.71. The van der Waals surface area contributed by atoms with Gasteiger partial charge in [0.15, 0.2) is 5.65 Å². The number of rotatable bonds is 4. The highest BCUT2D eigenvalue weighted by Gasteiger charge is 2.22. The molecular weight excluding hydrogens is 250 g/mol. The summed E-state index contributed by atoms with van der Waals surface area (Å²) >= 11 is 0. The van der Waals surface area contributed by atoms with Gasteiger partial charge in [0.05, 0.1) is 0 Å². The van der Waals surface area contributed by atoms with E-state index in [1.807, 2.05) is 12.3 Å². The molecule has 0 saturated carbocycles. The molecule has 5 heteroatoms. The zero-order valence-electron chi connectivity index (χ0n) is 12.3. The summed E-state index contributed by atoms with van der Waals surface area (Å²) in [5, 5.41) is 3.49. The van der Waals surface area contributed by atoms with Gasteiger partial charge < -0.3 is 14.8 Å². The normalized spacial score (nSPS) is 19.9. The van der Waals surface area contributed by atoms with Crippen molar-refractivity contribution in [3.05, 3.63) is 24.2 Å². The van der Waals surface area contributed by atoms with Gasteiger partial charge in [0.2, 0.25) is 0 Å². The van der Waals surface area contributed by atoms with Gasteiger partial charge in [-0.2, -0.15) is 0 Å². The Hall–Kier alpha value is -1.46. The number of fused-ring (bicyclic) bond motifs is 1. The lowest BCUT2D eigenvalue weighted by atomic mass is 9.99. The Balaban J connectivity index is 1.97. The summed E-state index contributed by atoms with van der Waals surface area (Å²) in [6.07, 6.45) is 4.31. The first kappa shape index (κ1) is 13.5. The number of nitrogens with one attached hydrogen (secondary N) is 1. The Kier molecular flexibility index (Phi) is 3.98. The second-order valence-electron chi connectivity index (χ2n) is 5.81. The smallest absolute Gasteiger partial charge is 0.160 e. The van der Waals surface area contributed by atoms with E-state index in [-0.39, 0.29) is 0 Å². The Labute approximate surface area is 120 Å². The molecule has 0 aliphatic carbocycles. The Bertz CT molecular complexity index is 569. The minimum Gasteiger partial charge on any atom is -0.316 e. The number of imidazole rings is 1. The molecule has 1 atom stereocenters. The van der Waals surface area contributed by atoms with E-state index < -0.39 is 0 Å². The SMILES string of the molecule is CN(C)CCn1c(C2CCCNC2)nc2cccnc21. The van der Waals surface area contributed by atoms with Gasteiger partial charge in [-0.15, -0.1) is 0 Å². The largest absolute Gasteiger partial charge is 0.316 e. The molecule has 2 aromatic rings. The number of hydrogen-bond acceptors (Lipinski definition) is 4. The average Bonchev–Trinajstić information content (AvgIpc) is 2.84. The number of hydrogen-bond donors (Lipinski definition) is 1. The fourth-order valence-corrected chi connectivity index (χ4v) is 2.88. The van der Waals surface area contributed by atoms with Crippen molar-refractivity contribution in [1.29, 1.82) is 0 Å². The van der Waals surface area contributed by atoms with Crippen molar-refractivity contribution in [1.82, 2.24) is 24.8 Å². The standard InChI is InChI=1S/C15H23N5/c1-19(2)9-10-20-14(12-5-3-7-16-11-12)18-13-6-4-8-17-15(13)20/h4,6,8,12,16H,3,5,7,9-11H2,1-2H3. The first-order valence-electron chi connectivity index (χ1n) is 7.42. The number of aromatic nitrogens is 3. The zero-order valence-corrected chi connectivity index (χ0v) is 12.3. The molecule has 5 nitrogen and oxygen atoms in total. The van der Waals surface area contributed by atoms with E-state index in [1.54, 1.807) is 0 Å². The number of pyridine rings is 1. The predicted molar refractivity (Wildman–Crippen MR) is 80.9 cm³/mol. The van der Waals surface area contributed by atoms with Gasteiger partial charge in [0, 0.05) is 31.7 Å². The molecule has 1 unspecified atom stereocenters. The summed E-state index contributed by atoms with van der Waals surface area (Å²) in [5.74, 6) is 1.72. The van der Waals surface area contributed by atoms with Crippen molar-refractivity contribution >= 4 is 11.2 Å². The topological polar surface area (TPSA) is 46.0 Å². The first-order chi connectivity index (χ1) is 9.75. The van der Waals surface area contributed by atoms with E-state index in [1.165, 1.54) is 18.7 Å². The fraction of sp³-hybridized carbons (Fsp3) is 0.600. The third-order valence-corrected chi connectivity index (χ3v) is 3.97. The van der Waals surface area contributed by atoms with E-state index in [9.17, 15) is 0 Å². The zero-order chi connectivity index (χ0) is 13.9. The fourth-order valence-electron chi connectivity index (χ4n) is 2.88. The van der Waals surface area contributed by atoms with Crippen molar-refractivity contribution < 1.29 is 0 Å². The maximum absolute atomic E-state index is 4.86. The molecule has 1 fully saturated rings. The molecule has 0 amide bonds. The lowest BCUT2D eigenvalue weighted by molar-refractivity contribution is 0.372. The molecule has 0 radical (unpaired) electrons. The van der Waals surface area contributed by atoms with Crippen molar-refractivity contribution in [3.63, 3.8) is 0 Å². The van der Waals surface area contributed by atoms with Crippen molar-refractivity contribution in [3.8, 4) is 0 Å². The van der Waals surface area contributed by atoms with Crippen LogP contribution < -0.4 is 5.32 Å². The molecule has 2 aromatic heterocycles. The van der Waals surface area contributed by atoms with Crippen LogP contribution in [0.25, 0.3) is 11.2 Å². The lowest BCUT2D eigenvalue weighted by Gasteiger charge is -2.23. The molecule has 3 rings (SSSR count). The highest BCUT2D eigenvalue weighted by atomic mass is 15.2. The number of nitrogens with zero attached hydrogens (tertiary/aromatic N) is 4. The minimum atomic E-state index is 0.514. The monoisotopic (exact) mass is 273 g/mol. The van der Waals surface area contributed by atoms with Gasteiger partial charge in [-0.25, -0.2) is 9.97 Å². The van der Waals surface area contributed by atoms with Gasteiger partial charge in [0.25, 0.3) is 0 Å². The van der Waals surface area contributed by atoms with Crippen LogP contribution >= 0.6 is 0 Å². The summed E-state index contributed by atoms with van der Waals surface area (Å²) in [5.41, 5.74) is 2.04. The Morgan fingerprint density at radius 1 is 1.45 bits per heavy atom. The van der Waals surface area contributed by atoms with E-state index in [4.69, 9.17) is 4.98 Å². The van der Waals surface area contributed by atoms with Crippen molar-refractivity contribution in [2.75, 3.05) is 33.7 Å². The molecule has 3 heterocycles. The number of likely N-dealkylation sites (N-methyl/N-ethyl adjacent to an activating group) is 1. The average molecular weight is 273 g/mol. The predicted octanol–water partition coefficient (Wildman–Crippen LogP) is 1.46. The molecule has 1 N–H and O–H groups in total. The minimum absolute atomic E-state index is 0.514. The van der Waals surface area contributed by atoms with Crippen LogP contribution in [0.3, 0.4) is 0 Å². The molecule has 20 heavy (non-hydrogen) atoms. The maximum Gasteiger partial charge on any atom is 0.160 e. The highest BCUT2D eigenvalue weighted by Crippen LogP contribution is 2.25. The summed E-state index contributed by atoms with van der Waals surface area (Å²) < 4.78 is 2.31. The molecule has 0 aromatic carbocycles. The maximum atomic E-state index is 4.86. The van der Waals surface area contributed by atoms with Crippen LogP contribution in [-0.2, 0) is 6.54 Å². The van der Waals surface area contributed by atoms with Crippen LogP contribution in [0.5, 0.6) is 0 Å². The summed E-state index contributed by atoms with van der Waals surface area (Å²) in [7, 11) is 4.21. The molecule has 1 aliphatic rings. The first-order valence-corrected chi connectivity index (χ1v) is 7.42. The van der Waals surface area contributed by atoms with E-state index in [2.05, 4.69) is 39.9 Å². The van der Waals surface area contributed by atoms with Crippen LogP contribution in [-0.4, -0.2) is 53.2 Å². The number of piperidine rings is 1. The quantitative estimate of drug-likeness (QED) is 0.916. The second kappa shape index (κ2) is 5.89. The van der Waals surface area contributed by atoms with Crippen LogP contribution in [0.15, 0.2) is 18.3 Å². The molecular formula is C15H23N5. The summed E-state index contributed by atoms with van der Waals surface area (Å²) in [6, 6.07) is 4.03. The Morgan fingerprint density at radius 3 is 3.10 bits per heavy atom. The van der Waals surface area contributed by atoms with Crippen molar-refractivity contribution in [2.45, 2.75) is 25.3 Å². The summed E-state index contributed by atoms with van der Waals surface area (Å²) in [6.45, 7) is 4.12. The third-order valence-electron chi connectivity index (χ3n) is 3.97. The van der Waals surface area contributed by atoms with Gasteiger partial charge >= 0.3 is 0 Å². The van der Waals surface area contributed by atoms with Gasteiger partial charge in [-0.1, -0.05) is 0 Å². The van der Waals surface area contributed by atoms with Crippen molar-refractivity contribution in [2.24, 2.45) is 0 Å². The van der Waals surface area contributed by atoms with Gasteiger partial charge in [-0.05, 0) is 45.6 Å². The molecule has 108 valence electrons. The lowest BCUT2D eigenvalue weighted by Crippen LogP contribution is -2.30. The molecule has 0 spiro atoms. The van der Waals surface area contributed by atoms with Gasteiger partial charge in [-0.3, -0.25) is 0 Å². The van der Waals surface area contributed by atoms with Gasteiger partial charge in [0.1, 0.15) is 11.3 Å². The molecule has 0 bridgehead atoms. The van der Waals surface area contributed by atoms with E-state index >= 15 is 0 Å². The van der Waals surface area contributed by atoms with Crippen LogP contribution in [0.1, 0.15) is 24.6 Å². The molecule has 1 aliphatic heterocycles. The second-order valence-corrected chi connectivity index (χ2v) is 5.81. The molecule has 1 saturated heterocycles. The van der Waals surface area contributed by atoms with Crippen LogP contribution in [0.4, 0.5) is 0 Å². The van der Waals surface area contributed by atoms with E-state index in [0.29, 0.717) is 5.92 Å². The Morgan fingerprint density at radius 2 is 2.35 bits per heavy atom. The third kappa shape index (κ3) is 2.69. The van der Waals surface area contributed by atoms with Crippen LogP contribution in [0.2, 0.25) is 0 Å². The summed E-state index contributed by atoms with van der Waals surface area (Å²) in [4.78, 5) is 11.6. The van der Waals surface area contributed by atoms with E-state index in [0.717, 1.165) is 37.3 Å².